The Morgan fingerprint density at radius 2 is 2.05 bits per heavy atom. The first-order chi connectivity index (χ1) is 9.08. The summed E-state index contributed by atoms with van der Waals surface area (Å²) >= 11 is 12.1. The lowest BCUT2D eigenvalue weighted by Gasteiger charge is -2.18. The number of alkyl carbamates (subject to hydrolysis) is 1. The maximum Gasteiger partial charge on any atom is 0.407 e. The Morgan fingerprint density at radius 1 is 1.37 bits per heavy atom. The van der Waals surface area contributed by atoms with E-state index in [1.54, 1.807) is 6.07 Å². The average Bonchev–Trinajstić information content (AvgIpc) is 2.85. The highest BCUT2D eigenvalue weighted by molar-refractivity contribution is 6.42. The van der Waals surface area contributed by atoms with E-state index in [0.29, 0.717) is 10.0 Å². The molecule has 1 atom stereocenters. The fourth-order valence-corrected chi connectivity index (χ4v) is 2.77. The summed E-state index contributed by atoms with van der Waals surface area (Å²) < 4.78 is 5.35. The third kappa shape index (κ3) is 3.77. The van der Waals surface area contributed by atoms with Crippen LogP contribution in [0.5, 0.6) is 0 Å². The lowest BCUT2D eigenvalue weighted by molar-refractivity contribution is 0.0984. The summed E-state index contributed by atoms with van der Waals surface area (Å²) in [7, 11) is 0. The van der Waals surface area contributed by atoms with Crippen molar-refractivity contribution in [3.63, 3.8) is 0 Å². The van der Waals surface area contributed by atoms with Gasteiger partial charge in [0.25, 0.3) is 0 Å². The zero-order chi connectivity index (χ0) is 13.8. The number of hydrogen-bond donors (Lipinski definition) is 1. The van der Waals surface area contributed by atoms with E-state index in [2.05, 4.69) is 5.32 Å². The molecule has 1 amide bonds. The normalized spacial score (nSPS) is 17.2. The van der Waals surface area contributed by atoms with Crippen molar-refractivity contribution in [2.45, 2.75) is 44.8 Å². The molecule has 5 heteroatoms. The molecule has 0 aliphatic heterocycles. The van der Waals surface area contributed by atoms with E-state index in [-0.39, 0.29) is 12.1 Å². The van der Waals surface area contributed by atoms with Gasteiger partial charge < -0.3 is 10.1 Å². The number of ether oxygens (including phenoxy) is 1. The zero-order valence-electron chi connectivity index (χ0n) is 10.8. The first kappa shape index (κ1) is 14.5. The van der Waals surface area contributed by atoms with E-state index in [1.807, 2.05) is 19.1 Å². The maximum absolute atomic E-state index is 11.8. The number of carbonyl (C=O) groups is 1. The molecule has 1 aromatic rings. The monoisotopic (exact) mass is 301 g/mol. The summed E-state index contributed by atoms with van der Waals surface area (Å²) in [5.41, 5.74) is 0.789. The molecule has 0 heterocycles. The SMILES string of the molecule is CC(NC(=O)OC1CCCC1)c1cccc(Cl)c1Cl. The molecule has 0 bridgehead atoms. The van der Waals surface area contributed by atoms with Crippen molar-refractivity contribution in [3.05, 3.63) is 33.8 Å². The van der Waals surface area contributed by atoms with E-state index in [9.17, 15) is 4.79 Å². The molecular weight excluding hydrogens is 285 g/mol. The molecule has 0 aromatic heterocycles. The highest BCUT2D eigenvalue weighted by Gasteiger charge is 2.21. The number of rotatable bonds is 3. The smallest absolute Gasteiger partial charge is 0.407 e. The summed E-state index contributed by atoms with van der Waals surface area (Å²) in [6.07, 6.45) is 3.85. The molecule has 1 unspecified atom stereocenters. The number of carbonyl (C=O) groups excluding carboxylic acids is 1. The molecule has 0 saturated heterocycles. The first-order valence-corrected chi connectivity index (χ1v) is 7.24. The van der Waals surface area contributed by atoms with Crippen molar-refractivity contribution in [2.24, 2.45) is 0 Å². The topological polar surface area (TPSA) is 38.3 Å². The molecule has 19 heavy (non-hydrogen) atoms. The second-order valence-electron chi connectivity index (χ2n) is 4.82. The molecule has 1 fully saturated rings. The largest absolute Gasteiger partial charge is 0.446 e. The van der Waals surface area contributed by atoms with Gasteiger partial charge in [-0.25, -0.2) is 4.79 Å². The minimum Gasteiger partial charge on any atom is -0.446 e. The van der Waals surface area contributed by atoms with E-state index in [0.717, 1.165) is 31.2 Å². The highest BCUT2D eigenvalue weighted by Crippen LogP contribution is 2.30. The van der Waals surface area contributed by atoms with Crippen LogP contribution in [0.3, 0.4) is 0 Å². The Balaban J connectivity index is 1.94. The van der Waals surface area contributed by atoms with Crippen molar-refractivity contribution >= 4 is 29.3 Å². The second kappa shape index (κ2) is 6.49. The van der Waals surface area contributed by atoms with Crippen LogP contribution in [0.15, 0.2) is 18.2 Å². The Bertz CT molecular complexity index is 459. The van der Waals surface area contributed by atoms with Gasteiger partial charge in [0, 0.05) is 0 Å². The summed E-state index contributed by atoms with van der Waals surface area (Å²) in [5.74, 6) is 0. The van der Waals surface area contributed by atoms with Crippen LogP contribution in [0.1, 0.15) is 44.2 Å². The quantitative estimate of drug-likeness (QED) is 0.877. The van der Waals surface area contributed by atoms with Gasteiger partial charge in [-0.2, -0.15) is 0 Å². The summed E-state index contributed by atoms with van der Waals surface area (Å²) in [6.45, 7) is 1.85. The molecule has 2 rings (SSSR count). The Hall–Kier alpha value is -0.930. The molecular formula is C14H17Cl2NO2. The van der Waals surface area contributed by atoms with Gasteiger partial charge in [0.15, 0.2) is 0 Å². The van der Waals surface area contributed by atoms with Gasteiger partial charge in [0.2, 0.25) is 0 Å². The van der Waals surface area contributed by atoms with Gasteiger partial charge in [0.05, 0.1) is 16.1 Å². The Morgan fingerprint density at radius 3 is 2.74 bits per heavy atom. The molecule has 1 saturated carbocycles. The van der Waals surface area contributed by atoms with Gasteiger partial charge in [-0.15, -0.1) is 0 Å². The number of amides is 1. The predicted octanol–water partition coefficient (Wildman–Crippen LogP) is 4.72. The van der Waals surface area contributed by atoms with Gasteiger partial charge in [-0.1, -0.05) is 35.3 Å². The number of nitrogens with one attached hydrogen (secondary N) is 1. The van der Waals surface area contributed by atoms with Crippen molar-refractivity contribution < 1.29 is 9.53 Å². The molecule has 0 radical (unpaired) electrons. The van der Waals surface area contributed by atoms with Crippen LogP contribution in [0.25, 0.3) is 0 Å². The maximum atomic E-state index is 11.8. The van der Waals surface area contributed by atoms with Gasteiger partial charge >= 0.3 is 6.09 Å². The summed E-state index contributed by atoms with van der Waals surface area (Å²) in [6, 6.07) is 5.13. The minimum atomic E-state index is -0.393. The number of halogens is 2. The average molecular weight is 302 g/mol. The van der Waals surface area contributed by atoms with E-state index >= 15 is 0 Å². The fourth-order valence-electron chi connectivity index (χ4n) is 2.30. The highest BCUT2D eigenvalue weighted by atomic mass is 35.5. The van der Waals surface area contributed by atoms with Crippen LogP contribution in [0.2, 0.25) is 10.0 Å². The molecule has 3 nitrogen and oxygen atoms in total. The van der Waals surface area contributed by atoms with Crippen LogP contribution >= 0.6 is 23.2 Å². The van der Waals surface area contributed by atoms with Gasteiger partial charge in [0.1, 0.15) is 6.10 Å². The van der Waals surface area contributed by atoms with E-state index < -0.39 is 6.09 Å². The molecule has 0 spiro atoms. The molecule has 1 aliphatic carbocycles. The van der Waals surface area contributed by atoms with Crippen LogP contribution in [-0.4, -0.2) is 12.2 Å². The minimum absolute atomic E-state index is 0.0574. The van der Waals surface area contributed by atoms with Crippen LogP contribution < -0.4 is 5.32 Å². The van der Waals surface area contributed by atoms with Gasteiger partial charge in [-0.05, 0) is 44.2 Å². The lowest BCUT2D eigenvalue weighted by atomic mass is 10.1. The standard InChI is InChI=1S/C14H17Cl2NO2/c1-9(11-7-4-8-12(15)13(11)16)17-14(18)19-10-5-2-3-6-10/h4,7-10H,2-3,5-6H2,1H3,(H,17,18). The van der Waals surface area contributed by atoms with Crippen molar-refractivity contribution in [1.82, 2.24) is 5.32 Å². The number of benzene rings is 1. The van der Waals surface area contributed by atoms with Crippen LogP contribution in [0, 0.1) is 0 Å². The molecule has 104 valence electrons. The molecule has 1 N–H and O–H groups in total. The van der Waals surface area contributed by atoms with E-state index in [4.69, 9.17) is 27.9 Å². The predicted molar refractivity (Wildman–Crippen MR) is 76.7 cm³/mol. The van der Waals surface area contributed by atoms with Crippen molar-refractivity contribution in [3.8, 4) is 0 Å². The van der Waals surface area contributed by atoms with Crippen LogP contribution in [0.4, 0.5) is 4.79 Å². The number of hydrogen-bond acceptors (Lipinski definition) is 2. The van der Waals surface area contributed by atoms with E-state index in [1.165, 1.54) is 0 Å². The Labute approximate surface area is 123 Å². The van der Waals surface area contributed by atoms with Crippen molar-refractivity contribution in [1.29, 1.82) is 0 Å². The van der Waals surface area contributed by atoms with Crippen LogP contribution in [-0.2, 0) is 4.74 Å². The first-order valence-electron chi connectivity index (χ1n) is 6.49. The zero-order valence-corrected chi connectivity index (χ0v) is 12.3. The lowest BCUT2D eigenvalue weighted by Crippen LogP contribution is -2.30. The fraction of sp³-hybridized carbons (Fsp3) is 0.500. The van der Waals surface area contributed by atoms with Crippen molar-refractivity contribution in [2.75, 3.05) is 0 Å². The summed E-state index contributed by atoms with van der Waals surface area (Å²) in [4.78, 5) is 11.8. The van der Waals surface area contributed by atoms with Gasteiger partial charge in [-0.3, -0.25) is 0 Å². The summed E-state index contributed by atoms with van der Waals surface area (Å²) in [5, 5.41) is 3.74. The third-order valence-electron chi connectivity index (χ3n) is 3.36. The third-order valence-corrected chi connectivity index (χ3v) is 4.19. The molecule has 1 aromatic carbocycles. The second-order valence-corrected chi connectivity index (χ2v) is 5.61. The molecule has 1 aliphatic rings. The Kier molecular flexibility index (Phi) is 4.94.